The maximum Gasteiger partial charge on any atom is 0.343 e. The molecule has 1 N–H and O–H groups in total. The molecule has 0 spiro atoms. The fraction of sp³-hybridized carbons (Fsp3) is 0.375. The van der Waals surface area contributed by atoms with Crippen molar-refractivity contribution in [2.24, 2.45) is 0 Å². The number of rotatable bonds is 1. The Labute approximate surface area is 91.0 Å². The van der Waals surface area contributed by atoms with Crippen LogP contribution in [0.1, 0.15) is 19.9 Å². The topological polar surface area (TPSA) is 72.2 Å². The van der Waals surface area contributed by atoms with Gasteiger partial charge in [-0.05, 0) is 13.8 Å². The number of hydrogen-bond donors (Lipinski definition) is 1. The van der Waals surface area contributed by atoms with Crippen LogP contribution in [-0.4, -0.2) is 19.2 Å². The minimum atomic E-state index is -0.421. The number of hydrogen-bond acceptors (Lipinski definition) is 3. The molecule has 0 saturated carbocycles. The van der Waals surface area contributed by atoms with E-state index in [4.69, 9.17) is 0 Å². The van der Waals surface area contributed by atoms with Crippen LogP contribution in [0.3, 0.4) is 0 Å². The average Bonchev–Trinajstić information content (AvgIpc) is 2.50. The Morgan fingerprint density at radius 3 is 2.67 bits per heavy atom. The lowest BCUT2D eigenvalue weighted by Crippen LogP contribution is -2.38. The summed E-state index contributed by atoms with van der Waals surface area (Å²) in [6, 6.07) is -0.173. The van der Waals surface area contributed by atoms with E-state index in [-0.39, 0.29) is 29.7 Å². The standard InChI is InChI=1S/C8H10N4O2.ClH/c1-5(2)12-7(13)6-9-3-4-11(6)10-8(12)14;/h3-5H,1-2H3,(H,10,14);1H. The van der Waals surface area contributed by atoms with Crippen LogP contribution >= 0.6 is 12.4 Å². The van der Waals surface area contributed by atoms with E-state index in [1.165, 1.54) is 16.9 Å². The molecule has 82 valence electrons. The van der Waals surface area contributed by atoms with Crippen molar-refractivity contribution in [3.63, 3.8) is 0 Å². The second-order valence-corrected chi connectivity index (χ2v) is 3.31. The Balaban J connectivity index is 0.00000112. The van der Waals surface area contributed by atoms with Gasteiger partial charge in [0.05, 0.1) is 0 Å². The molecule has 0 atom stereocenters. The fourth-order valence-corrected chi connectivity index (χ4v) is 1.38. The minimum Gasteiger partial charge on any atom is -0.265 e. The lowest BCUT2D eigenvalue weighted by molar-refractivity contribution is 0.533. The maximum atomic E-state index is 11.7. The third kappa shape index (κ3) is 1.68. The monoisotopic (exact) mass is 230 g/mol. The second-order valence-electron chi connectivity index (χ2n) is 3.31. The van der Waals surface area contributed by atoms with Crippen LogP contribution < -0.4 is 11.2 Å². The first-order valence-electron chi connectivity index (χ1n) is 4.29. The molecule has 0 amide bonds. The summed E-state index contributed by atoms with van der Waals surface area (Å²) >= 11 is 0. The molecular formula is C8H11ClN4O2. The Morgan fingerprint density at radius 1 is 1.40 bits per heavy atom. The number of aromatic amines is 1. The average molecular weight is 231 g/mol. The van der Waals surface area contributed by atoms with Crippen molar-refractivity contribution in [3.8, 4) is 0 Å². The minimum absolute atomic E-state index is 0. The third-order valence-electron chi connectivity index (χ3n) is 2.00. The van der Waals surface area contributed by atoms with Crippen LogP contribution in [-0.2, 0) is 0 Å². The zero-order chi connectivity index (χ0) is 10.3. The quantitative estimate of drug-likeness (QED) is 0.760. The normalized spacial score (nSPS) is 10.6. The van der Waals surface area contributed by atoms with Crippen molar-refractivity contribution in [2.75, 3.05) is 0 Å². The van der Waals surface area contributed by atoms with E-state index in [2.05, 4.69) is 10.1 Å². The van der Waals surface area contributed by atoms with Gasteiger partial charge in [0.2, 0.25) is 5.65 Å². The van der Waals surface area contributed by atoms with E-state index in [0.29, 0.717) is 0 Å². The van der Waals surface area contributed by atoms with E-state index in [9.17, 15) is 9.59 Å². The fourth-order valence-electron chi connectivity index (χ4n) is 1.38. The number of nitrogens with one attached hydrogen (secondary N) is 1. The predicted octanol–water partition coefficient (Wildman–Crippen LogP) is 0.187. The molecule has 0 saturated heterocycles. The number of nitrogens with zero attached hydrogens (tertiary/aromatic N) is 3. The van der Waals surface area contributed by atoms with Crippen molar-refractivity contribution >= 4 is 18.1 Å². The summed E-state index contributed by atoms with van der Waals surface area (Å²) in [5.41, 5.74) is -0.553. The number of fused-ring (bicyclic) bond motifs is 1. The number of imidazole rings is 1. The van der Waals surface area contributed by atoms with Crippen LogP contribution in [0.15, 0.2) is 22.0 Å². The van der Waals surface area contributed by atoms with Gasteiger partial charge < -0.3 is 0 Å². The maximum absolute atomic E-state index is 11.7. The Morgan fingerprint density at radius 2 is 2.07 bits per heavy atom. The van der Waals surface area contributed by atoms with E-state index in [1.807, 2.05) is 0 Å². The molecule has 7 heteroatoms. The molecule has 0 aliphatic heterocycles. The van der Waals surface area contributed by atoms with Gasteiger partial charge >= 0.3 is 5.69 Å². The van der Waals surface area contributed by atoms with Gasteiger partial charge in [0.25, 0.3) is 5.56 Å². The van der Waals surface area contributed by atoms with E-state index < -0.39 is 5.69 Å². The van der Waals surface area contributed by atoms with Gasteiger partial charge in [0.1, 0.15) is 0 Å². The molecule has 0 aromatic carbocycles. The zero-order valence-corrected chi connectivity index (χ0v) is 9.11. The summed E-state index contributed by atoms with van der Waals surface area (Å²) in [6.45, 7) is 3.55. The van der Waals surface area contributed by atoms with Crippen molar-refractivity contribution < 1.29 is 0 Å². The van der Waals surface area contributed by atoms with Gasteiger partial charge in [-0.3, -0.25) is 9.36 Å². The van der Waals surface area contributed by atoms with Crippen molar-refractivity contribution in [1.82, 2.24) is 19.2 Å². The van der Waals surface area contributed by atoms with Crippen molar-refractivity contribution in [2.45, 2.75) is 19.9 Å². The molecule has 15 heavy (non-hydrogen) atoms. The third-order valence-corrected chi connectivity index (χ3v) is 2.00. The first-order valence-corrected chi connectivity index (χ1v) is 4.29. The van der Waals surface area contributed by atoms with Crippen molar-refractivity contribution in [1.29, 1.82) is 0 Å². The Bertz CT molecular complexity index is 580. The van der Waals surface area contributed by atoms with E-state index in [0.717, 1.165) is 4.57 Å². The summed E-state index contributed by atoms with van der Waals surface area (Å²) in [7, 11) is 0. The molecule has 2 heterocycles. The number of aromatic nitrogens is 4. The molecular weight excluding hydrogens is 220 g/mol. The van der Waals surface area contributed by atoms with Crippen LogP contribution in [0.4, 0.5) is 0 Å². The predicted molar refractivity (Wildman–Crippen MR) is 57.7 cm³/mol. The molecule has 0 unspecified atom stereocenters. The Kier molecular flexibility index (Phi) is 2.99. The zero-order valence-electron chi connectivity index (χ0n) is 8.30. The first kappa shape index (κ1) is 11.5. The molecule has 0 fully saturated rings. The van der Waals surface area contributed by atoms with Crippen LogP contribution in [0.2, 0.25) is 0 Å². The van der Waals surface area contributed by atoms with Gasteiger partial charge in [-0.1, -0.05) is 0 Å². The summed E-state index contributed by atoms with van der Waals surface area (Å²) in [4.78, 5) is 27.0. The lowest BCUT2D eigenvalue weighted by atomic mass is 10.4. The smallest absolute Gasteiger partial charge is 0.265 e. The summed E-state index contributed by atoms with van der Waals surface area (Å²) in [6.07, 6.45) is 3.00. The highest BCUT2D eigenvalue weighted by Crippen LogP contribution is 1.95. The highest BCUT2D eigenvalue weighted by atomic mass is 35.5. The van der Waals surface area contributed by atoms with Crippen molar-refractivity contribution in [3.05, 3.63) is 33.2 Å². The Hall–Kier alpha value is -1.56. The number of halogens is 1. The van der Waals surface area contributed by atoms with E-state index >= 15 is 0 Å². The highest BCUT2D eigenvalue weighted by Gasteiger charge is 2.10. The molecule has 0 aliphatic rings. The molecule has 0 bridgehead atoms. The van der Waals surface area contributed by atoms with Gasteiger partial charge in [0, 0.05) is 18.4 Å². The van der Waals surface area contributed by atoms with Gasteiger partial charge in [-0.2, -0.15) is 0 Å². The van der Waals surface area contributed by atoms with Crippen LogP contribution in [0.5, 0.6) is 0 Å². The van der Waals surface area contributed by atoms with Crippen LogP contribution in [0, 0.1) is 0 Å². The van der Waals surface area contributed by atoms with Gasteiger partial charge in [0.15, 0.2) is 0 Å². The summed E-state index contributed by atoms with van der Waals surface area (Å²) in [5.74, 6) is 0. The molecule has 0 radical (unpaired) electrons. The highest BCUT2D eigenvalue weighted by molar-refractivity contribution is 5.85. The summed E-state index contributed by atoms with van der Waals surface area (Å²) < 4.78 is 2.46. The van der Waals surface area contributed by atoms with Gasteiger partial charge in [-0.25, -0.2) is 19.4 Å². The largest absolute Gasteiger partial charge is 0.343 e. The van der Waals surface area contributed by atoms with Crippen LogP contribution in [0.25, 0.3) is 5.65 Å². The lowest BCUT2D eigenvalue weighted by Gasteiger charge is -2.07. The van der Waals surface area contributed by atoms with Gasteiger partial charge in [-0.15, -0.1) is 12.4 Å². The SMILES string of the molecule is CC(C)n1c(=O)[nH]n2ccnc2c1=O.Cl. The molecule has 6 nitrogen and oxygen atoms in total. The molecule has 2 aromatic rings. The molecule has 2 rings (SSSR count). The second kappa shape index (κ2) is 3.90. The molecule has 0 aliphatic carbocycles. The molecule has 2 aromatic heterocycles. The summed E-state index contributed by atoms with van der Waals surface area (Å²) in [5, 5.41) is 2.52. The first-order chi connectivity index (χ1) is 6.61. The number of H-pyrrole nitrogens is 1. The van der Waals surface area contributed by atoms with E-state index in [1.54, 1.807) is 13.8 Å².